The number of hydrogen-bond acceptors (Lipinski definition) is 6. The lowest BCUT2D eigenvalue weighted by Gasteiger charge is -2.42. The van der Waals surface area contributed by atoms with Crippen LogP contribution in [-0.4, -0.2) is 60.3 Å². The zero-order valence-corrected chi connectivity index (χ0v) is 20.7. The average Bonchev–Trinajstić information content (AvgIpc) is 2.82. The number of methoxy groups -OCH3 is 1. The zero-order valence-electron chi connectivity index (χ0n) is 20.7. The van der Waals surface area contributed by atoms with Crippen molar-refractivity contribution in [3.05, 3.63) is 59.9 Å². The van der Waals surface area contributed by atoms with E-state index in [0.29, 0.717) is 36.4 Å². The van der Waals surface area contributed by atoms with Gasteiger partial charge in [-0.3, -0.25) is 0 Å². The standard InChI is InChI=1S/C27H30FN3O4/c1-17-16-30(26(33)35-27(2,3)4)12-13-31(17)23-15-20-14-19(25(32)34-5)8-11-22(20)29-24(23)18-6-9-21(28)10-7-18/h6-11,14-15,17H,12-13,16H2,1-5H3/t17-/m0/s1. The minimum atomic E-state index is -0.563. The first-order valence-corrected chi connectivity index (χ1v) is 11.6. The van der Waals surface area contributed by atoms with Crippen LogP contribution in [0.2, 0.25) is 0 Å². The molecule has 1 aliphatic heterocycles. The third-order valence-corrected chi connectivity index (χ3v) is 5.92. The zero-order chi connectivity index (χ0) is 25.3. The van der Waals surface area contributed by atoms with Crippen LogP contribution in [0.25, 0.3) is 22.2 Å². The number of piperazine rings is 1. The van der Waals surface area contributed by atoms with Gasteiger partial charge in [0.15, 0.2) is 0 Å². The SMILES string of the molecule is COC(=O)c1ccc2nc(-c3ccc(F)cc3)c(N3CCN(C(=O)OC(C)(C)C)C[C@@H]3C)cc2c1. The molecule has 1 amide bonds. The number of aromatic nitrogens is 1. The van der Waals surface area contributed by atoms with Gasteiger partial charge in [0.2, 0.25) is 0 Å². The monoisotopic (exact) mass is 479 g/mol. The highest BCUT2D eigenvalue weighted by molar-refractivity contribution is 5.97. The molecule has 1 fully saturated rings. The first-order valence-electron chi connectivity index (χ1n) is 11.6. The Balaban J connectivity index is 1.74. The lowest BCUT2D eigenvalue weighted by Crippen LogP contribution is -2.54. The second-order valence-electron chi connectivity index (χ2n) is 9.73. The van der Waals surface area contributed by atoms with Crippen molar-refractivity contribution in [2.45, 2.75) is 39.3 Å². The van der Waals surface area contributed by atoms with E-state index in [4.69, 9.17) is 14.5 Å². The molecule has 8 heteroatoms. The molecule has 0 N–H and O–H groups in total. The molecule has 4 rings (SSSR count). The lowest BCUT2D eigenvalue weighted by atomic mass is 10.0. The van der Waals surface area contributed by atoms with Gasteiger partial charge in [-0.05, 0) is 76.2 Å². The van der Waals surface area contributed by atoms with Gasteiger partial charge in [0.1, 0.15) is 11.4 Å². The van der Waals surface area contributed by atoms with Crippen molar-refractivity contribution in [2.24, 2.45) is 0 Å². The number of fused-ring (bicyclic) bond motifs is 1. The quantitative estimate of drug-likeness (QED) is 0.477. The molecule has 0 radical (unpaired) electrons. The molecular formula is C27H30FN3O4. The van der Waals surface area contributed by atoms with Gasteiger partial charge in [-0.25, -0.2) is 19.0 Å². The molecule has 0 aliphatic carbocycles. The summed E-state index contributed by atoms with van der Waals surface area (Å²) in [6.45, 7) is 9.13. The van der Waals surface area contributed by atoms with Crippen molar-refractivity contribution in [1.82, 2.24) is 9.88 Å². The summed E-state index contributed by atoms with van der Waals surface area (Å²) in [4.78, 5) is 33.5. The number of anilines is 1. The van der Waals surface area contributed by atoms with Gasteiger partial charge in [0.05, 0.1) is 29.6 Å². The second kappa shape index (κ2) is 9.52. The topological polar surface area (TPSA) is 72.0 Å². The summed E-state index contributed by atoms with van der Waals surface area (Å²) < 4.78 is 24.1. The van der Waals surface area contributed by atoms with Crippen LogP contribution < -0.4 is 4.90 Å². The van der Waals surface area contributed by atoms with Gasteiger partial charge in [0, 0.05) is 36.6 Å². The molecule has 3 aromatic rings. The van der Waals surface area contributed by atoms with Crippen LogP contribution >= 0.6 is 0 Å². The molecule has 184 valence electrons. The Kier molecular flexibility index (Phi) is 6.65. The maximum Gasteiger partial charge on any atom is 0.410 e. The molecule has 1 saturated heterocycles. The molecule has 7 nitrogen and oxygen atoms in total. The number of amides is 1. The summed E-state index contributed by atoms with van der Waals surface area (Å²) in [5.41, 5.74) is 2.92. The second-order valence-corrected chi connectivity index (χ2v) is 9.73. The first-order chi connectivity index (χ1) is 16.6. The van der Waals surface area contributed by atoms with Crippen LogP contribution in [0.4, 0.5) is 14.9 Å². The highest BCUT2D eigenvalue weighted by Crippen LogP contribution is 2.35. The van der Waals surface area contributed by atoms with E-state index in [1.807, 2.05) is 33.8 Å². The first kappa shape index (κ1) is 24.4. The Bertz CT molecular complexity index is 1250. The third-order valence-electron chi connectivity index (χ3n) is 5.92. The van der Waals surface area contributed by atoms with E-state index in [-0.39, 0.29) is 18.0 Å². The number of carbonyl (C=O) groups excluding carboxylic acids is 2. The molecule has 1 atom stereocenters. The van der Waals surface area contributed by atoms with Crippen LogP contribution in [0, 0.1) is 5.82 Å². The number of pyridine rings is 1. The smallest absolute Gasteiger partial charge is 0.410 e. The Morgan fingerprint density at radius 1 is 1.06 bits per heavy atom. The van der Waals surface area contributed by atoms with Crippen LogP contribution in [-0.2, 0) is 9.47 Å². The average molecular weight is 480 g/mol. The van der Waals surface area contributed by atoms with Gasteiger partial charge in [-0.15, -0.1) is 0 Å². The molecular weight excluding hydrogens is 449 g/mol. The Labute approximate surface area is 204 Å². The molecule has 2 heterocycles. The molecule has 1 aromatic heterocycles. The summed E-state index contributed by atoms with van der Waals surface area (Å²) in [6.07, 6.45) is -0.331. The van der Waals surface area contributed by atoms with Gasteiger partial charge in [-0.1, -0.05) is 0 Å². The number of benzene rings is 2. The van der Waals surface area contributed by atoms with E-state index < -0.39 is 11.6 Å². The van der Waals surface area contributed by atoms with E-state index >= 15 is 0 Å². The highest BCUT2D eigenvalue weighted by Gasteiger charge is 2.31. The number of esters is 1. The number of carbonyl (C=O) groups is 2. The van der Waals surface area contributed by atoms with Crippen molar-refractivity contribution in [3.63, 3.8) is 0 Å². The maximum atomic E-state index is 13.6. The number of nitrogens with zero attached hydrogens (tertiary/aromatic N) is 3. The molecule has 0 spiro atoms. The molecule has 35 heavy (non-hydrogen) atoms. The molecule has 2 aromatic carbocycles. The van der Waals surface area contributed by atoms with Crippen molar-refractivity contribution < 1.29 is 23.5 Å². The summed E-state index contributed by atoms with van der Waals surface area (Å²) in [6, 6.07) is 13.4. The Hall–Kier alpha value is -3.68. The number of hydrogen-bond donors (Lipinski definition) is 0. The van der Waals surface area contributed by atoms with E-state index in [9.17, 15) is 14.0 Å². The van der Waals surface area contributed by atoms with Crippen LogP contribution in [0.1, 0.15) is 38.1 Å². The van der Waals surface area contributed by atoms with Gasteiger partial charge >= 0.3 is 12.1 Å². The van der Waals surface area contributed by atoms with E-state index in [0.717, 1.165) is 16.6 Å². The van der Waals surface area contributed by atoms with Gasteiger partial charge in [-0.2, -0.15) is 0 Å². The predicted molar refractivity (Wildman–Crippen MR) is 133 cm³/mol. The van der Waals surface area contributed by atoms with Gasteiger partial charge in [0.25, 0.3) is 0 Å². The van der Waals surface area contributed by atoms with Crippen LogP contribution in [0.3, 0.4) is 0 Å². The molecule has 0 bridgehead atoms. The van der Waals surface area contributed by atoms with Crippen molar-refractivity contribution in [3.8, 4) is 11.3 Å². The van der Waals surface area contributed by atoms with Crippen LogP contribution in [0.15, 0.2) is 48.5 Å². The largest absolute Gasteiger partial charge is 0.465 e. The molecule has 1 aliphatic rings. The number of halogens is 1. The minimum Gasteiger partial charge on any atom is -0.465 e. The van der Waals surface area contributed by atoms with E-state index in [1.165, 1.54) is 19.2 Å². The normalized spacial score (nSPS) is 16.3. The number of rotatable bonds is 3. The van der Waals surface area contributed by atoms with Crippen LogP contribution in [0.5, 0.6) is 0 Å². The minimum absolute atomic E-state index is 0.0292. The Morgan fingerprint density at radius 3 is 2.40 bits per heavy atom. The van der Waals surface area contributed by atoms with E-state index in [1.54, 1.807) is 35.2 Å². The maximum absolute atomic E-state index is 13.6. The lowest BCUT2D eigenvalue weighted by molar-refractivity contribution is 0.0218. The Morgan fingerprint density at radius 2 is 1.77 bits per heavy atom. The van der Waals surface area contributed by atoms with Crippen molar-refractivity contribution in [2.75, 3.05) is 31.6 Å². The molecule has 0 unspecified atom stereocenters. The summed E-state index contributed by atoms with van der Waals surface area (Å²) in [7, 11) is 1.35. The fourth-order valence-corrected chi connectivity index (χ4v) is 4.26. The fraction of sp³-hybridized carbons (Fsp3) is 0.370. The van der Waals surface area contributed by atoms with Crippen molar-refractivity contribution >= 4 is 28.7 Å². The fourth-order valence-electron chi connectivity index (χ4n) is 4.26. The third kappa shape index (κ3) is 5.37. The summed E-state index contributed by atoms with van der Waals surface area (Å²) in [5, 5.41) is 0.788. The highest BCUT2D eigenvalue weighted by atomic mass is 19.1. The predicted octanol–water partition coefficient (Wildman–Crippen LogP) is 5.27. The summed E-state index contributed by atoms with van der Waals surface area (Å²) in [5.74, 6) is -0.742. The van der Waals surface area contributed by atoms with Gasteiger partial charge < -0.3 is 19.3 Å². The molecule has 0 saturated carbocycles. The van der Waals surface area contributed by atoms with E-state index in [2.05, 4.69) is 4.90 Å². The van der Waals surface area contributed by atoms with Crippen molar-refractivity contribution in [1.29, 1.82) is 0 Å². The summed E-state index contributed by atoms with van der Waals surface area (Å²) >= 11 is 0. The number of ether oxygens (including phenoxy) is 2.